The van der Waals surface area contributed by atoms with Gasteiger partial charge in [0.25, 0.3) is 0 Å². The second-order valence-electron chi connectivity index (χ2n) is 5.77. The minimum absolute atomic E-state index is 0.245. The average Bonchev–Trinajstić information content (AvgIpc) is 2.57. The van der Waals surface area contributed by atoms with Crippen LogP contribution in [0, 0.1) is 5.82 Å². The van der Waals surface area contributed by atoms with E-state index >= 15 is 0 Å². The van der Waals surface area contributed by atoms with Gasteiger partial charge >= 0.3 is 0 Å². The van der Waals surface area contributed by atoms with E-state index in [0.717, 1.165) is 29.9 Å². The van der Waals surface area contributed by atoms with Crippen LogP contribution in [0.1, 0.15) is 45.4 Å². The Morgan fingerprint density at radius 3 is 2.22 bits per heavy atom. The quantitative estimate of drug-likeness (QED) is 0.427. The first-order valence-electron chi connectivity index (χ1n) is 8.39. The van der Waals surface area contributed by atoms with Crippen LogP contribution < -0.4 is 4.74 Å². The summed E-state index contributed by atoms with van der Waals surface area (Å²) in [6, 6.07) is 13.0. The molecule has 0 atom stereocenters. The molecule has 3 heteroatoms. The maximum Gasteiger partial charge on any atom is 0.137 e. The molecule has 23 heavy (non-hydrogen) atoms. The molecule has 0 amide bonds. The van der Waals surface area contributed by atoms with Gasteiger partial charge in [-0.2, -0.15) is 0 Å². The Hall–Kier alpha value is -1.35. The summed E-state index contributed by atoms with van der Waals surface area (Å²) in [5.41, 5.74) is 1.86. The molecule has 0 aliphatic rings. The van der Waals surface area contributed by atoms with E-state index in [1.54, 1.807) is 6.07 Å². The molecule has 0 saturated carbocycles. The van der Waals surface area contributed by atoms with Crippen molar-refractivity contribution in [3.05, 3.63) is 52.8 Å². The normalized spacial score (nSPS) is 10.7. The summed E-state index contributed by atoms with van der Waals surface area (Å²) in [5, 5.41) is 0. The van der Waals surface area contributed by atoms with Gasteiger partial charge in [-0.05, 0) is 57.7 Å². The molecule has 2 aromatic rings. The molecule has 0 fully saturated rings. The third kappa shape index (κ3) is 5.98. The second-order valence-corrected chi connectivity index (χ2v) is 6.62. The molecule has 0 unspecified atom stereocenters. The summed E-state index contributed by atoms with van der Waals surface area (Å²) in [6.07, 6.45) is 7.57. The molecular formula is C20H24BrFO. The van der Waals surface area contributed by atoms with Crippen LogP contribution in [-0.4, -0.2) is 6.61 Å². The van der Waals surface area contributed by atoms with Crippen molar-refractivity contribution in [2.75, 3.05) is 6.61 Å². The number of benzene rings is 2. The molecule has 1 nitrogen and oxygen atoms in total. The summed E-state index contributed by atoms with van der Waals surface area (Å²) in [5.74, 6) is 0.630. The van der Waals surface area contributed by atoms with Crippen LogP contribution in [0.15, 0.2) is 46.9 Å². The molecule has 124 valence electrons. The first kappa shape index (κ1) is 18.0. The molecule has 0 radical (unpaired) electrons. The highest BCUT2D eigenvalue weighted by atomic mass is 79.9. The highest BCUT2D eigenvalue weighted by Crippen LogP contribution is 2.26. The van der Waals surface area contributed by atoms with Crippen molar-refractivity contribution < 1.29 is 9.13 Å². The number of hydrogen-bond acceptors (Lipinski definition) is 1. The molecule has 0 aliphatic heterocycles. The Morgan fingerprint density at radius 2 is 1.52 bits per heavy atom. The minimum Gasteiger partial charge on any atom is -0.494 e. The van der Waals surface area contributed by atoms with Gasteiger partial charge in [-0.1, -0.05) is 57.2 Å². The number of rotatable bonds is 9. The first-order chi connectivity index (χ1) is 11.2. The Morgan fingerprint density at radius 1 is 0.870 bits per heavy atom. The molecule has 2 aromatic carbocycles. The van der Waals surface area contributed by atoms with Gasteiger partial charge in [0.05, 0.1) is 11.1 Å². The van der Waals surface area contributed by atoms with Crippen molar-refractivity contribution in [2.45, 2.75) is 45.4 Å². The standard InChI is InChI=1S/C20H24BrFO/c1-2-3-4-5-6-7-14-23-18-11-8-16(9-12-18)17-10-13-19(21)20(22)15-17/h8-13,15H,2-7,14H2,1H3. The molecule has 0 aliphatic carbocycles. The minimum atomic E-state index is -0.245. The van der Waals surface area contributed by atoms with Crippen LogP contribution in [0.3, 0.4) is 0 Å². The van der Waals surface area contributed by atoms with E-state index in [1.807, 2.05) is 30.3 Å². The lowest BCUT2D eigenvalue weighted by Gasteiger charge is -2.08. The number of hydrogen-bond donors (Lipinski definition) is 0. The molecule has 0 saturated heterocycles. The zero-order chi connectivity index (χ0) is 16.5. The van der Waals surface area contributed by atoms with E-state index in [4.69, 9.17) is 4.74 Å². The van der Waals surface area contributed by atoms with E-state index < -0.39 is 0 Å². The summed E-state index contributed by atoms with van der Waals surface area (Å²) < 4.78 is 19.8. The van der Waals surface area contributed by atoms with Crippen molar-refractivity contribution in [1.82, 2.24) is 0 Å². The van der Waals surface area contributed by atoms with Crippen molar-refractivity contribution in [1.29, 1.82) is 0 Å². The van der Waals surface area contributed by atoms with E-state index in [0.29, 0.717) is 4.47 Å². The summed E-state index contributed by atoms with van der Waals surface area (Å²) in [4.78, 5) is 0. The highest BCUT2D eigenvalue weighted by molar-refractivity contribution is 9.10. The summed E-state index contributed by atoms with van der Waals surface area (Å²) in [7, 11) is 0. The van der Waals surface area contributed by atoms with Crippen LogP contribution in [0.4, 0.5) is 4.39 Å². The molecule has 0 heterocycles. The molecule has 0 bridgehead atoms. The van der Waals surface area contributed by atoms with Crippen LogP contribution >= 0.6 is 15.9 Å². The van der Waals surface area contributed by atoms with Crippen LogP contribution in [-0.2, 0) is 0 Å². The van der Waals surface area contributed by atoms with Gasteiger partial charge in [0.2, 0.25) is 0 Å². The zero-order valence-electron chi connectivity index (χ0n) is 13.7. The maximum absolute atomic E-state index is 13.6. The monoisotopic (exact) mass is 378 g/mol. The van der Waals surface area contributed by atoms with Gasteiger partial charge in [-0.25, -0.2) is 4.39 Å². The fraction of sp³-hybridized carbons (Fsp3) is 0.400. The van der Waals surface area contributed by atoms with Crippen molar-refractivity contribution >= 4 is 15.9 Å². The van der Waals surface area contributed by atoms with Crippen LogP contribution in [0.25, 0.3) is 11.1 Å². The predicted molar refractivity (Wildman–Crippen MR) is 98.4 cm³/mol. The fourth-order valence-electron chi connectivity index (χ4n) is 2.49. The fourth-order valence-corrected chi connectivity index (χ4v) is 2.74. The average molecular weight is 379 g/mol. The van der Waals surface area contributed by atoms with E-state index in [9.17, 15) is 4.39 Å². The van der Waals surface area contributed by atoms with Gasteiger partial charge < -0.3 is 4.74 Å². The first-order valence-corrected chi connectivity index (χ1v) is 9.18. The van der Waals surface area contributed by atoms with Crippen LogP contribution in [0.5, 0.6) is 5.75 Å². The zero-order valence-corrected chi connectivity index (χ0v) is 15.2. The van der Waals surface area contributed by atoms with E-state index in [1.165, 1.54) is 38.2 Å². The Kier molecular flexibility index (Phi) is 7.60. The number of unbranched alkanes of at least 4 members (excludes halogenated alkanes) is 5. The Bertz CT molecular complexity index is 595. The summed E-state index contributed by atoms with van der Waals surface area (Å²) >= 11 is 3.17. The van der Waals surface area contributed by atoms with Crippen molar-refractivity contribution in [2.24, 2.45) is 0 Å². The third-order valence-corrected chi connectivity index (χ3v) is 4.52. The van der Waals surface area contributed by atoms with Gasteiger partial charge in [0.1, 0.15) is 11.6 Å². The van der Waals surface area contributed by atoms with Gasteiger partial charge in [0, 0.05) is 0 Å². The highest BCUT2D eigenvalue weighted by Gasteiger charge is 2.03. The molecular weight excluding hydrogens is 355 g/mol. The summed E-state index contributed by atoms with van der Waals surface area (Å²) in [6.45, 7) is 2.99. The van der Waals surface area contributed by atoms with E-state index in [2.05, 4.69) is 22.9 Å². The number of ether oxygens (including phenoxy) is 1. The van der Waals surface area contributed by atoms with Gasteiger partial charge in [-0.3, -0.25) is 0 Å². The Balaban J connectivity index is 1.79. The lowest BCUT2D eigenvalue weighted by Crippen LogP contribution is -1.97. The SMILES string of the molecule is CCCCCCCCOc1ccc(-c2ccc(Br)c(F)c2)cc1. The third-order valence-electron chi connectivity index (χ3n) is 3.87. The smallest absolute Gasteiger partial charge is 0.137 e. The van der Waals surface area contributed by atoms with E-state index in [-0.39, 0.29) is 5.82 Å². The van der Waals surface area contributed by atoms with Crippen molar-refractivity contribution in [3.63, 3.8) is 0 Å². The maximum atomic E-state index is 13.6. The lowest BCUT2D eigenvalue weighted by atomic mass is 10.1. The molecule has 0 spiro atoms. The topological polar surface area (TPSA) is 9.23 Å². The molecule has 0 aromatic heterocycles. The Labute approximate surface area is 147 Å². The van der Waals surface area contributed by atoms with Gasteiger partial charge in [0.15, 0.2) is 0 Å². The van der Waals surface area contributed by atoms with Gasteiger partial charge in [-0.15, -0.1) is 0 Å². The predicted octanol–water partition coefficient (Wildman–Crippen LogP) is 6.99. The molecule has 0 N–H and O–H groups in total. The lowest BCUT2D eigenvalue weighted by molar-refractivity contribution is 0.304. The largest absolute Gasteiger partial charge is 0.494 e. The van der Waals surface area contributed by atoms with Crippen molar-refractivity contribution in [3.8, 4) is 16.9 Å². The number of halogens is 2. The second kappa shape index (κ2) is 9.71. The van der Waals surface area contributed by atoms with Crippen LogP contribution in [0.2, 0.25) is 0 Å². The molecule has 2 rings (SSSR count).